The van der Waals surface area contributed by atoms with Crippen LogP contribution < -0.4 is 15.0 Å². The van der Waals surface area contributed by atoms with Crippen molar-refractivity contribution < 1.29 is 27.4 Å². The van der Waals surface area contributed by atoms with Gasteiger partial charge in [0.05, 0.1) is 36.4 Å². The third-order valence-corrected chi connectivity index (χ3v) is 7.56. The maximum atomic E-state index is 13.7. The first-order valence-electron chi connectivity index (χ1n) is 14.2. The lowest BCUT2D eigenvalue weighted by Crippen LogP contribution is -2.45. The second-order valence-electron chi connectivity index (χ2n) is 10.7. The predicted molar refractivity (Wildman–Crippen MR) is 161 cm³/mol. The van der Waals surface area contributed by atoms with Gasteiger partial charge in [-0.15, -0.1) is 0 Å². The highest BCUT2D eigenvalue weighted by molar-refractivity contribution is 6.32. The summed E-state index contributed by atoms with van der Waals surface area (Å²) >= 11 is 6.05. The molecule has 1 fully saturated rings. The average molecular weight is 662 g/mol. The zero-order valence-electron chi connectivity index (χ0n) is 25.1. The molecule has 1 amide bonds. The van der Waals surface area contributed by atoms with Gasteiger partial charge < -0.3 is 19.7 Å². The number of H-pyrrole nitrogens is 1. The van der Waals surface area contributed by atoms with E-state index in [-0.39, 0.29) is 41.4 Å². The summed E-state index contributed by atoms with van der Waals surface area (Å²) in [5, 5.41) is 9.32. The standard InChI is InChI=1S/C28H31ClF3N11O3/c1-42(2)8-9-46-27(44)43(22-15-33-21(14-34-22)16-10-36-26(45-3)37-11-16)18-6-4-17(5-7-18)39-25-35-12-19(28(30,31)32)23(40-25)24-20(29)13-38-41-24/h10-15,17-18H,4-9H2,1-3H3,(H,38,41)(H,35,39,40). The van der Waals surface area contributed by atoms with Gasteiger partial charge in [-0.3, -0.25) is 15.0 Å². The zero-order valence-corrected chi connectivity index (χ0v) is 25.9. The minimum Gasteiger partial charge on any atom is -0.467 e. The third-order valence-electron chi connectivity index (χ3n) is 7.27. The molecule has 46 heavy (non-hydrogen) atoms. The summed E-state index contributed by atoms with van der Waals surface area (Å²) in [4.78, 5) is 42.0. The molecule has 0 radical (unpaired) electrons. The Morgan fingerprint density at radius 3 is 2.35 bits per heavy atom. The quantitative estimate of drug-likeness (QED) is 0.241. The van der Waals surface area contributed by atoms with Gasteiger partial charge in [-0.1, -0.05) is 11.6 Å². The van der Waals surface area contributed by atoms with Crippen molar-refractivity contribution in [3.05, 3.63) is 47.8 Å². The van der Waals surface area contributed by atoms with E-state index in [9.17, 15) is 18.0 Å². The molecule has 5 rings (SSSR count). The molecule has 1 aliphatic rings. The van der Waals surface area contributed by atoms with E-state index < -0.39 is 23.5 Å². The van der Waals surface area contributed by atoms with Crippen LogP contribution >= 0.6 is 11.6 Å². The number of hydrogen-bond acceptors (Lipinski definition) is 12. The fraction of sp³-hybridized carbons (Fsp3) is 0.429. The highest BCUT2D eigenvalue weighted by atomic mass is 35.5. The van der Waals surface area contributed by atoms with Crippen LogP contribution in [0.2, 0.25) is 5.02 Å². The van der Waals surface area contributed by atoms with Crippen molar-refractivity contribution in [3.8, 4) is 28.7 Å². The van der Waals surface area contributed by atoms with Gasteiger partial charge in [-0.25, -0.2) is 29.7 Å². The molecule has 0 aliphatic heterocycles. The first-order chi connectivity index (χ1) is 22.0. The van der Waals surface area contributed by atoms with E-state index in [0.717, 1.165) is 6.20 Å². The van der Waals surface area contributed by atoms with E-state index in [4.69, 9.17) is 21.1 Å². The molecular weight excluding hydrogens is 631 g/mol. The van der Waals surface area contributed by atoms with E-state index in [1.54, 1.807) is 12.4 Å². The largest absolute Gasteiger partial charge is 0.467 e. The lowest BCUT2D eigenvalue weighted by Gasteiger charge is -2.35. The Morgan fingerprint density at radius 2 is 1.76 bits per heavy atom. The summed E-state index contributed by atoms with van der Waals surface area (Å²) in [6, 6.07) is -0.229. The molecule has 1 saturated carbocycles. The molecule has 1 aliphatic carbocycles. The Morgan fingerprint density at radius 1 is 1.02 bits per heavy atom. The van der Waals surface area contributed by atoms with Crippen molar-refractivity contribution in [1.29, 1.82) is 0 Å². The molecule has 4 heterocycles. The highest BCUT2D eigenvalue weighted by Crippen LogP contribution is 2.38. The van der Waals surface area contributed by atoms with Crippen LogP contribution in [-0.2, 0) is 10.9 Å². The second-order valence-corrected chi connectivity index (χ2v) is 11.1. The van der Waals surface area contributed by atoms with Crippen LogP contribution in [0.3, 0.4) is 0 Å². The number of methoxy groups -OCH3 is 1. The van der Waals surface area contributed by atoms with Crippen LogP contribution in [0.1, 0.15) is 31.2 Å². The van der Waals surface area contributed by atoms with Crippen LogP contribution in [0.15, 0.2) is 37.2 Å². The molecule has 18 heteroatoms. The summed E-state index contributed by atoms with van der Waals surface area (Å²) in [5.74, 6) is 0.331. The summed E-state index contributed by atoms with van der Waals surface area (Å²) in [7, 11) is 5.22. The van der Waals surface area contributed by atoms with Gasteiger partial charge in [0, 0.05) is 42.8 Å². The molecule has 4 aromatic rings. The molecule has 4 aromatic heterocycles. The molecule has 14 nitrogen and oxygen atoms in total. The van der Waals surface area contributed by atoms with Gasteiger partial charge in [0.2, 0.25) is 5.95 Å². The Bertz CT molecular complexity index is 1610. The van der Waals surface area contributed by atoms with Crippen LogP contribution in [0.4, 0.5) is 29.7 Å². The molecule has 0 aromatic carbocycles. The van der Waals surface area contributed by atoms with Crippen LogP contribution in [-0.4, -0.2) is 97.5 Å². The Balaban J connectivity index is 1.30. The van der Waals surface area contributed by atoms with Crippen LogP contribution in [0.5, 0.6) is 6.01 Å². The first-order valence-corrected chi connectivity index (χ1v) is 14.6. The van der Waals surface area contributed by atoms with Gasteiger partial charge in [-0.05, 0) is 39.8 Å². The summed E-state index contributed by atoms with van der Waals surface area (Å²) in [5.41, 5.74) is -0.375. The minimum atomic E-state index is -4.70. The predicted octanol–water partition coefficient (Wildman–Crippen LogP) is 4.72. The number of ether oxygens (including phenoxy) is 2. The molecule has 0 unspecified atom stereocenters. The number of rotatable bonds is 10. The van der Waals surface area contributed by atoms with E-state index in [2.05, 4.69) is 45.4 Å². The van der Waals surface area contributed by atoms with Crippen molar-refractivity contribution >= 4 is 29.5 Å². The van der Waals surface area contributed by atoms with Gasteiger partial charge in [0.15, 0.2) is 5.82 Å². The third kappa shape index (κ3) is 7.77. The number of nitrogens with one attached hydrogen (secondary N) is 2. The molecule has 0 spiro atoms. The first kappa shape index (κ1) is 32.7. The summed E-state index contributed by atoms with van der Waals surface area (Å²) in [6.45, 7) is 0.721. The van der Waals surface area contributed by atoms with Crippen molar-refractivity contribution in [1.82, 2.24) is 45.0 Å². The van der Waals surface area contributed by atoms with E-state index in [1.165, 1.54) is 30.6 Å². The van der Waals surface area contributed by atoms with E-state index in [0.29, 0.717) is 49.3 Å². The Hall–Kier alpha value is -4.64. The lowest BCUT2D eigenvalue weighted by molar-refractivity contribution is -0.137. The lowest BCUT2D eigenvalue weighted by atomic mass is 9.90. The molecule has 0 saturated heterocycles. The zero-order chi connectivity index (χ0) is 32.8. The van der Waals surface area contributed by atoms with Gasteiger partial charge >= 0.3 is 18.3 Å². The monoisotopic (exact) mass is 661 g/mol. The maximum absolute atomic E-state index is 13.7. The van der Waals surface area contributed by atoms with Crippen molar-refractivity contribution in [3.63, 3.8) is 0 Å². The normalized spacial score (nSPS) is 16.7. The number of aromatic amines is 1. The number of aromatic nitrogens is 8. The van der Waals surface area contributed by atoms with E-state index in [1.807, 2.05) is 19.0 Å². The number of carbonyl (C=O) groups is 1. The van der Waals surface area contributed by atoms with Crippen LogP contribution in [0.25, 0.3) is 22.6 Å². The Kier molecular flexibility index (Phi) is 10.1. The topological polar surface area (TPSA) is 160 Å². The number of halogens is 4. The number of nitrogens with zero attached hydrogens (tertiary/aromatic N) is 9. The number of hydrogen-bond donors (Lipinski definition) is 2. The molecule has 244 valence electrons. The summed E-state index contributed by atoms with van der Waals surface area (Å²) < 4.78 is 51.7. The molecular formula is C28H31ClF3N11O3. The SMILES string of the molecule is COc1ncc(-c2cnc(N(C(=O)OCCN(C)C)C3CCC(Nc4ncc(C(F)(F)F)c(-c5[nH]ncc5Cl)n4)CC3)cn2)cn1. The molecule has 0 atom stereocenters. The average Bonchev–Trinajstić information content (AvgIpc) is 3.47. The number of amides is 1. The fourth-order valence-electron chi connectivity index (χ4n) is 4.91. The van der Waals surface area contributed by atoms with Crippen LogP contribution in [0, 0.1) is 0 Å². The van der Waals surface area contributed by atoms with Gasteiger partial charge in [-0.2, -0.15) is 18.3 Å². The van der Waals surface area contributed by atoms with Crippen molar-refractivity contribution in [2.24, 2.45) is 0 Å². The number of carbonyl (C=O) groups excluding carboxylic acids is 1. The maximum Gasteiger partial charge on any atom is 0.420 e. The van der Waals surface area contributed by atoms with E-state index >= 15 is 0 Å². The smallest absolute Gasteiger partial charge is 0.420 e. The fourth-order valence-corrected chi connectivity index (χ4v) is 5.09. The Labute approximate surface area is 266 Å². The highest BCUT2D eigenvalue weighted by Gasteiger charge is 2.37. The van der Waals surface area contributed by atoms with Crippen molar-refractivity contribution in [2.45, 2.75) is 43.9 Å². The van der Waals surface area contributed by atoms with Crippen molar-refractivity contribution in [2.75, 3.05) is 44.6 Å². The number of likely N-dealkylation sites (N-methyl/N-ethyl adjacent to an activating group) is 1. The number of alkyl halides is 3. The second kappa shape index (κ2) is 14.2. The molecule has 2 N–H and O–H groups in total. The van der Waals surface area contributed by atoms with Gasteiger partial charge in [0.1, 0.15) is 23.6 Å². The number of anilines is 2. The minimum absolute atomic E-state index is 0.00156. The van der Waals surface area contributed by atoms with Gasteiger partial charge in [0.25, 0.3) is 0 Å². The molecule has 0 bridgehead atoms. The summed E-state index contributed by atoms with van der Waals surface area (Å²) in [6.07, 6.45) is 5.01.